The summed E-state index contributed by atoms with van der Waals surface area (Å²) in [7, 11) is -4.59. The van der Waals surface area contributed by atoms with Crippen molar-refractivity contribution in [1.29, 1.82) is 0 Å². The first-order chi connectivity index (χ1) is 11.6. The molecule has 1 aromatic rings. The van der Waals surface area contributed by atoms with E-state index in [2.05, 4.69) is 4.98 Å². The second kappa shape index (κ2) is 13.0. The first-order valence-electron chi connectivity index (χ1n) is 8.15. The Hall–Kier alpha value is -1.22. The largest absolute Gasteiger partial charge is 0.389 e. The summed E-state index contributed by atoms with van der Waals surface area (Å²) in [4.78, 5) is 3.78. The molecule has 0 saturated heterocycles. The minimum Gasteiger partial charge on any atom is -0.283 e. The fourth-order valence-electron chi connectivity index (χ4n) is 1.98. The molecule has 0 aliphatic rings. The van der Waals surface area contributed by atoms with Crippen molar-refractivity contribution in [2.45, 2.75) is 69.5 Å². The zero-order valence-electron chi connectivity index (χ0n) is 14.0. The van der Waals surface area contributed by atoms with Crippen LogP contribution in [-0.4, -0.2) is 29.6 Å². The van der Waals surface area contributed by atoms with Crippen LogP contribution in [0.1, 0.15) is 57.8 Å². The van der Waals surface area contributed by atoms with E-state index in [-0.39, 0.29) is 12.8 Å². The third-order valence-corrected chi connectivity index (χ3v) is 4.16. The lowest BCUT2D eigenvalue weighted by Gasteiger charge is -2.06. The minimum absolute atomic E-state index is 0.124. The van der Waals surface area contributed by atoms with Crippen LogP contribution in [0.15, 0.2) is 30.6 Å². The van der Waals surface area contributed by atoms with Gasteiger partial charge in [-0.25, -0.2) is 4.39 Å². The van der Waals surface area contributed by atoms with Crippen molar-refractivity contribution in [3.05, 3.63) is 30.6 Å². The molecule has 0 aliphatic heterocycles. The number of pyridine rings is 1. The van der Waals surface area contributed by atoms with Crippen molar-refractivity contribution < 1.29 is 30.5 Å². The van der Waals surface area contributed by atoms with Crippen LogP contribution in [0.25, 0.3) is 0 Å². The van der Waals surface area contributed by atoms with Crippen molar-refractivity contribution in [3.63, 3.8) is 0 Å². The van der Waals surface area contributed by atoms with Crippen LogP contribution in [0, 0.1) is 0 Å². The molecule has 9 heteroatoms. The van der Waals surface area contributed by atoms with Crippen LogP contribution >= 0.6 is 0 Å². The third-order valence-electron chi connectivity index (χ3n) is 3.28. The predicted molar refractivity (Wildman–Crippen MR) is 88.3 cm³/mol. The lowest BCUT2D eigenvalue weighted by atomic mass is 10.1. The molecule has 0 aliphatic carbocycles. The van der Waals surface area contributed by atoms with Gasteiger partial charge in [-0.3, -0.25) is 9.54 Å². The summed E-state index contributed by atoms with van der Waals surface area (Å²) in [6.07, 6.45) is 2.15. The SMILES string of the molecule is O=S(=O)(O)C(F)CCCCCCCCCC(F)(F)F.c1ccncc1. The van der Waals surface area contributed by atoms with Gasteiger partial charge in [-0.2, -0.15) is 21.6 Å². The standard InChI is InChI=1S/C11H20F4O3S.C5H5N/c12-10(19(16,17)18)8-6-4-2-1-3-5-7-9-11(13,14)15;1-2-4-6-5-3-1/h10H,1-9H2,(H,16,17,18);1-5H. The molecule has 4 nitrogen and oxygen atoms in total. The molecule has 1 unspecified atom stereocenters. The Morgan fingerprint density at radius 3 is 1.72 bits per heavy atom. The minimum atomic E-state index is -4.59. The molecule has 0 fully saturated rings. The summed E-state index contributed by atoms with van der Waals surface area (Å²) in [5.41, 5.74) is -2.24. The maximum atomic E-state index is 12.8. The lowest BCUT2D eigenvalue weighted by Crippen LogP contribution is -2.14. The van der Waals surface area contributed by atoms with E-state index in [1.165, 1.54) is 0 Å². The van der Waals surface area contributed by atoms with Crippen LogP contribution in [0.4, 0.5) is 17.6 Å². The predicted octanol–water partition coefficient (Wildman–Crippen LogP) is 5.32. The molecule has 1 heterocycles. The average molecular weight is 387 g/mol. The number of hydrogen-bond donors (Lipinski definition) is 1. The van der Waals surface area contributed by atoms with E-state index >= 15 is 0 Å². The quantitative estimate of drug-likeness (QED) is 0.335. The highest BCUT2D eigenvalue weighted by atomic mass is 32.2. The highest BCUT2D eigenvalue weighted by molar-refractivity contribution is 7.86. The van der Waals surface area contributed by atoms with Gasteiger partial charge in [0, 0.05) is 18.8 Å². The molecule has 1 aromatic heterocycles. The van der Waals surface area contributed by atoms with Crippen molar-refractivity contribution in [2.24, 2.45) is 0 Å². The molecule has 0 bridgehead atoms. The van der Waals surface area contributed by atoms with E-state index < -0.39 is 28.2 Å². The first-order valence-corrected chi connectivity index (χ1v) is 9.65. The lowest BCUT2D eigenvalue weighted by molar-refractivity contribution is -0.135. The zero-order valence-corrected chi connectivity index (χ0v) is 14.8. The smallest absolute Gasteiger partial charge is 0.283 e. The molecule has 25 heavy (non-hydrogen) atoms. The Morgan fingerprint density at radius 2 is 1.36 bits per heavy atom. The molecule has 0 spiro atoms. The maximum absolute atomic E-state index is 12.8. The topological polar surface area (TPSA) is 67.3 Å². The van der Waals surface area contributed by atoms with E-state index in [4.69, 9.17) is 4.55 Å². The van der Waals surface area contributed by atoms with Crippen LogP contribution in [0.2, 0.25) is 0 Å². The van der Waals surface area contributed by atoms with Gasteiger partial charge in [0.25, 0.3) is 10.1 Å². The van der Waals surface area contributed by atoms with Gasteiger partial charge in [-0.1, -0.05) is 38.2 Å². The highest BCUT2D eigenvalue weighted by Gasteiger charge is 2.25. The van der Waals surface area contributed by atoms with E-state index in [0.29, 0.717) is 25.7 Å². The van der Waals surface area contributed by atoms with E-state index in [9.17, 15) is 26.0 Å². The van der Waals surface area contributed by atoms with Gasteiger partial charge >= 0.3 is 6.18 Å². The van der Waals surface area contributed by atoms with Crippen LogP contribution in [0.5, 0.6) is 0 Å². The molecule has 1 atom stereocenters. The Morgan fingerprint density at radius 1 is 0.880 bits per heavy atom. The number of aromatic nitrogens is 1. The highest BCUT2D eigenvalue weighted by Crippen LogP contribution is 2.23. The Bertz CT molecular complexity index is 497. The molecule has 1 N–H and O–H groups in total. The van der Waals surface area contributed by atoms with Gasteiger partial charge in [0.05, 0.1) is 0 Å². The molecular weight excluding hydrogens is 362 g/mol. The molecule has 0 aromatic carbocycles. The van der Waals surface area contributed by atoms with Gasteiger partial charge in [0.1, 0.15) is 0 Å². The second-order valence-electron chi connectivity index (χ2n) is 5.58. The average Bonchev–Trinajstić information content (AvgIpc) is 2.53. The number of halogens is 4. The summed E-state index contributed by atoms with van der Waals surface area (Å²) < 4.78 is 77.2. The van der Waals surface area contributed by atoms with Gasteiger partial charge in [-0.15, -0.1) is 0 Å². The van der Waals surface area contributed by atoms with Gasteiger partial charge < -0.3 is 0 Å². The molecule has 1 rings (SSSR count). The molecule has 0 amide bonds. The number of alkyl halides is 4. The second-order valence-corrected chi connectivity index (χ2v) is 7.12. The number of hydrogen-bond acceptors (Lipinski definition) is 3. The third kappa shape index (κ3) is 17.4. The monoisotopic (exact) mass is 387 g/mol. The Labute approximate surface area is 146 Å². The summed E-state index contributed by atoms with van der Waals surface area (Å²) in [6, 6.07) is 5.72. The summed E-state index contributed by atoms with van der Waals surface area (Å²) in [5.74, 6) is 0. The first kappa shape index (κ1) is 23.8. The number of rotatable bonds is 10. The normalized spacial score (nSPS) is 13.0. The zero-order chi connectivity index (χ0) is 19.2. The van der Waals surface area contributed by atoms with Gasteiger partial charge in [0.15, 0.2) is 0 Å². The summed E-state index contributed by atoms with van der Waals surface area (Å²) >= 11 is 0. The van der Waals surface area contributed by atoms with Gasteiger partial charge in [0.2, 0.25) is 5.50 Å². The van der Waals surface area contributed by atoms with Crippen LogP contribution in [0.3, 0.4) is 0 Å². The van der Waals surface area contributed by atoms with E-state index in [1.807, 2.05) is 18.2 Å². The van der Waals surface area contributed by atoms with Crippen LogP contribution in [-0.2, 0) is 10.1 Å². The molecular formula is C16H25F4NO3S. The maximum Gasteiger partial charge on any atom is 0.389 e. The van der Waals surface area contributed by atoms with Crippen molar-refractivity contribution >= 4 is 10.1 Å². The van der Waals surface area contributed by atoms with Crippen molar-refractivity contribution in [1.82, 2.24) is 4.98 Å². The van der Waals surface area contributed by atoms with Crippen LogP contribution < -0.4 is 0 Å². The molecule has 0 saturated carbocycles. The Kier molecular flexibility index (Phi) is 12.4. The van der Waals surface area contributed by atoms with E-state index in [1.54, 1.807) is 12.4 Å². The summed E-state index contributed by atoms with van der Waals surface area (Å²) in [5, 5.41) is 0. The fourth-order valence-corrected chi connectivity index (χ4v) is 2.44. The number of unbranched alkanes of at least 4 members (excludes halogenated alkanes) is 6. The molecule has 146 valence electrons. The van der Waals surface area contributed by atoms with E-state index in [0.717, 1.165) is 12.8 Å². The fraction of sp³-hybridized carbons (Fsp3) is 0.688. The number of nitrogens with zero attached hydrogens (tertiary/aromatic N) is 1. The Balaban J connectivity index is 0.000000796. The van der Waals surface area contributed by atoms with Crippen molar-refractivity contribution in [2.75, 3.05) is 0 Å². The van der Waals surface area contributed by atoms with Gasteiger partial charge in [-0.05, 0) is 31.4 Å². The van der Waals surface area contributed by atoms with Crippen molar-refractivity contribution in [3.8, 4) is 0 Å². The molecule has 0 radical (unpaired) electrons. The summed E-state index contributed by atoms with van der Waals surface area (Å²) in [6.45, 7) is 0.